The van der Waals surface area contributed by atoms with Crippen molar-refractivity contribution in [3.05, 3.63) is 30.0 Å². The van der Waals surface area contributed by atoms with Crippen molar-refractivity contribution in [2.45, 2.75) is 51.7 Å². The number of nitrogens with zero attached hydrogens (tertiary/aromatic N) is 2. The van der Waals surface area contributed by atoms with E-state index in [1.807, 2.05) is 0 Å². The van der Waals surface area contributed by atoms with Gasteiger partial charge in [-0.05, 0) is 25.8 Å². The molecule has 0 aliphatic heterocycles. The van der Waals surface area contributed by atoms with Crippen LogP contribution in [-0.4, -0.2) is 15.8 Å². The van der Waals surface area contributed by atoms with Crippen LogP contribution < -0.4 is 5.32 Å². The van der Waals surface area contributed by atoms with Gasteiger partial charge in [-0.3, -0.25) is 4.68 Å². The van der Waals surface area contributed by atoms with E-state index in [0.717, 1.165) is 13.1 Å². The van der Waals surface area contributed by atoms with Crippen LogP contribution >= 0.6 is 0 Å². The number of rotatable bonds is 4. The van der Waals surface area contributed by atoms with E-state index in [0.29, 0.717) is 6.04 Å². The monoisotopic (exact) mass is 243 g/mol. The van der Waals surface area contributed by atoms with Crippen molar-refractivity contribution in [3.63, 3.8) is 0 Å². The molecule has 96 valence electrons. The number of para-hydroxylation sites is 1. The Bertz CT molecular complexity index is 524. The quantitative estimate of drug-likeness (QED) is 0.894. The summed E-state index contributed by atoms with van der Waals surface area (Å²) < 4.78 is 2.10. The molecule has 0 bridgehead atoms. The number of benzene rings is 1. The summed E-state index contributed by atoms with van der Waals surface area (Å²) in [5.74, 6) is 0. The van der Waals surface area contributed by atoms with E-state index >= 15 is 0 Å². The normalized spacial score (nSPS) is 16.7. The summed E-state index contributed by atoms with van der Waals surface area (Å²) in [5, 5.41) is 9.67. The maximum atomic E-state index is 4.72. The van der Waals surface area contributed by atoms with Crippen LogP contribution in [0.2, 0.25) is 0 Å². The summed E-state index contributed by atoms with van der Waals surface area (Å²) in [6, 6.07) is 9.23. The highest BCUT2D eigenvalue weighted by molar-refractivity contribution is 5.81. The lowest BCUT2D eigenvalue weighted by molar-refractivity contribution is 0.515. The van der Waals surface area contributed by atoms with Gasteiger partial charge in [0.25, 0.3) is 0 Å². The fraction of sp³-hybridized carbons (Fsp3) is 0.533. The lowest BCUT2D eigenvalue weighted by Gasteiger charge is -2.10. The molecule has 0 spiro atoms. The van der Waals surface area contributed by atoms with Crippen molar-refractivity contribution < 1.29 is 0 Å². The summed E-state index contributed by atoms with van der Waals surface area (Å²) in [7, 11) is 0. The molecular formula is C15H21N3. The molecular weight excluding hydrogens is 222 g/mol. The first-order valence-corrected chi connectivity index (χ1v) is 7.06. The largest absolute Gasteiger partial charge is 0.308 e. The minimum atomic E-state index is 0.704. The van der Waals surface area contributed by atoms with Gasteiger partial charge < -0.3 is 5.32 Å². The minimum Gasteiger partial charge on any atom is -0.308 e. The molecule has 0 unspecified atom stereocenters. The number of aromatic nitrogens is 2. The van der Waals surface area contributed by atoms with Crippen LogP contribution in [0.25, 0.3) is 10.9 Å². The predicted octanol–water partition coefficient (Wildman–Crippen LogP) is 3.09. The van der Waals surface area contributed by atoms with Gasteiger partial charge in [0.15, 0.2) is 0 Å². The fourth-order valence-corrected chi connectivity index (χ4v) is 2.94. The summed E-state index contributed by atoms with van der Waals surface area (Å²) in [6.07, 6.45) is 5.41. The zero-order valence-electron chi connectivity index (χ0n) is 11.0. The topological polar surface area (TPSA) is 29.9 Å². The Hall–Kier alpha value is -1.35. The van der Waals surface area contributed by atoms with Gasteiger partial charge >= 0.3 is 0 Å². The van der Waals surface area contributed by atoms with Gasteiger partial charge in [0.1, 0.15) is 0 Å². The molecule has 1 aromatic carbocycles. The second kappa shape index (κ2) is 5.11. The summed E-state index contributed by atoms with van der Waals surface area (Å²) in [6.45, 7) is 3.98. The summed E-state index contributed by atoms with van der Waals surface area (Å²) in [5.41, 5.74) is 2.45. The molecule has 0 atom stereocenters. The first-order valence-electron chi connectivity index (χ1n) is 7.06. The second-order valence-electron chi connectivity index (χ2n) is 5.14. The number of hydrogen-bond donors (Lipinski definition) is 1. The van der Waals surface area contributed by atoms with Crippen LogP contribution in [0.5, 0.6) is 0 Å². The molecule has 0 radical (unpaired) electrons. The Morgan fingerprint density at radius 2 is 2.06 bits per heavy atom. The van der Waals surface area contributed by atoms with E-state index in [-0.39, 0.29) is 0 Å². The zero-order chi connectivity index (χ0) is 12.4. The van der Waals surface area contributed by atoms with Crippen LogP contribution in [0.4, 0.5) is 0 Å². The predicted molar refractivity (Wildman–Crippen MR) is 74.5 cm³/mol. The third-order valence-electron chi connectivity index (χ3n) is 3.95. The average molecular weight is 243 g/mol. The molecule has 3 heteroatoms. The van der Waals surface area contributed by atoms with Crippen molar-refractivity contribution in [3.8, 4) is 0 Å². The number of aryl methyl sites for hydroxylation is 1. The van der Waals surface area contributed by atoms with Crippen molar-refractivity contribution in [1.82, 2.24) is 15.1 Å². The molecule has 1 heterocycles. The highest BCUT2D eigenvalue weighted by Crippen LogP contribution is 2.21. The van der Waals surface area contributed by atoms with Gasteiger partial charge in [-0.1, -0.05) is 31.0 Å². The molecule has 0 saturated heterocycles. The van der Waals surface area contributed by atoms with Crippen molar-refractivity contribution in [1.29, 1.82) is 0 Å². The van der Waals surface area contributed by atoms with Crippen LogP contribution in [-0.2, 0) is 13.1 Å². The molecule has 2 aromatic rings. The molecule has 1 saturated carbocycles. The van der Waals surface area contributed by atoms with E-state index in [2.05, 4.69) is 41.2 Å². The SMILES string of the molecule is CCn1nc(CNC2CCCC2)c2ccccc21. The first kappa shape index (κ1) is 11.7. The molecule has 1 fully saturated rings. The Morgan fingerprint density at radius 3 is 2.83 bits per heavy atom. The van der Waals surface area contributed by atoms with Crippen molar-refractivity contribution in [2.24, 2.45) is 0 Å². The van der Waals surface area contributed by atoms with Gasteiger partial charge in [-0.15, -0.1) is 0 Å². The second-order valence-corrected chi connectivity index (χ2v) is 5.14. The van der Waals surface area contributed by atoms with E-state index in [1.165, 1.54) is 42.3 Å². The highest BCUT2D eigenvalue weighted by Gasteiger charge is 2.15. The van der Waals surface area contributed by atoms with Crippen LogP contribution in [0.1, 0.15) is 38.3 Å². The maximum absolute atomic E-state index is 4.72. The van der Waals surface area contributed by atoms with Gasteiger partial charge in [0, 0.05) is 24.5 Å². The Morgan fingerprint density at radius 1 is 1.28 bits per heavy atom. The van der Waals surface area contributed by atoms with Crippen LogP contribution in [0, 0.1) is 0 Å². The van der Waals surface area contributed by atoms with Gasteiger partial charge in [0.05, 0.1) is 11.2 Å². The van der Waals surface area contributed by atoms with E-state index < -0.39 is 0 Å². The molecule has 1 N–H and O–H groups in total. The number of hydrogen-bond acceptors (Lipinski definition) is 2. The zero-order valence-corrected chi connectivity index (χ0v) is 11.0. The number of fused-ring (bicyclic) bond motifs is 1. The summed E-state index contributed by atoms with van der Waals surface area (Å²) >= 11 is 0. The Balaban J connectivity index is 1.82. The first-order chi connectivity index (χ1) is 8.88. The maximum Gasteiger partial charge on any atom is 0.0841 e. The Kier molecular flexibility index (Phi) is 3.33. The molecule has 18 heavy (non-hydrogen) atoms. The lowest BCUT2D eigenvalue weighted by atomic mass is 10.2. The van der Waals surface area contributed by atoms with E-state index in [4.69, 9.17) is 5.10 Å². The van der Waals surface area contributed by atoms with Gasteiger partial charge in [0.2, 0.25) is 0 Å². The van der Waals surface area contributed by atoms with Crippen LogP contribution in [0.15, 0.2) is 24.3 Å². The fourth-order valence-electron chi connectivity index (χ4n) is 2.94. The lowest BCUT2D eigenvalue weighted by Crippen LogP contribution is -2.25. The minimum absolute atomic E-state index is 0.704. The van der Waals surface area contributed by atoms with Gasteiger partial charge in [-0.25, -0.2) is 0 Å². The van der Waals surface area contributed by atoms with Crippen LogP contribution in [0.3, 0.4) is 0 Å². The molecule has 0 amide bonds. The third-order valence-corrected chi connectivity index (χ3v) is 3.95. The standard InChI is InChI=1S/C15H21N3/c1-2-18-15-10-6-5-9-13(15)14(17-18)11-16-12-7-3-4-8-12/h5-6,9-10,12,16H,2-4,7-8,11H2,1H3. The van der Waals surface area contributed by atoms with E-state index in [9.17, 15) is 0 Å². The average Bonchev–Trinajstić information content (AvgIpc) is 3.04. The molecule has 3 nitrogen and oxygen atoms in total. The summed E-state index contributed by atoms with van der Waals surface area (Å²) in [4.78, 5) is 0. The molecule has 1 aromatic heterocycles. The molecule has 1 aliphatic rings. The number of nitrogens with one attached hydrogen (secondary N) is 1. The smallest absolute Gasteiger partial charge is 0.0841 e. The Labute approximate surface area is 108 Å². The third kappa shape index (κ3) is 2.15. The van der Waals surface area contributed by atoms with Gasteiger partial charge in [-0.2, -0.15) is 5.10 Å². The molecule has 3 rings (SSSR count). The highest BCUT2D eigenvalue weighted by atomic mass is 15.3. The van der Waals surface area contributed by atoms with Crippen molar-refractivity contribution in [2.75, 3.05) is 0 Å². The van der Waals surface area contributed by atoms with Crippen molar-refractivity contribution >= 4 is 10.9 Å². The molecule has 1 aliphatic carbocycles. The van der Waals surface area contributed by atoms with E-state index in [1.54, 1.807) is 0 Å².